The summed E-state index contributed by atoms with van der Waals surface area (Å²) in [5.74, 6) is -2.46. The van der Waals surface area contributed by atoms with E-state index in [9.17, 15) is 23.1 Å². The summed E-state index contributed by atoms with van der Waals surface area (Å²) in [6.45, 7) is 2.96. The zero-order valence-electron chi connectivity index (χ0n) is 13.9. The van der Waals surface area contributed by atoms with Gasteiger partial charge in [0.15, 0.2) is 0 Å². The van der Waals surface area contributed by atoms with Crippen LogP contribution in [0.3, 0.4) is 0 Å². The molecule has 2 atom stereocenters. The highest BCUT2D eigenvalue weighted by Gasteiger charge is 2.41. The molecule has 1 aliphatic heterocycles. The van der Waals surface area contributed by atoms with Crippen LogP contribution in [0.4, 0.5) is 5.69 Å². The molecular formula is C15H19ClN2O6S. The summed E-state index contributed by atoms with van der Waals surface area (Å²) in [5, 5.41) is 11.7. The van der Waals surface area contributed by atoms with Crippen molar-refractivity contribution in [3.63, 3.8) is 0 Å². The minimum atomic E-state index is -4.00. The number of hydrogen-bond donors (Lipinski definition) is 2. The summed E-state index contributed by atoms with van der Waals surface area (Å²) in [6.07, 6.45) is 0. The number of nitrogens with one attached hydrogen (secondary N) is 1. The molecule has 1 aliphatic rings. The first-order valence-corrected chi connectivity index (χ1v) is 9.27. The normalized spacial score (nSPS) is 21.1. The van der Waals surface area contributed by atoms with E-state index >= 15 is 0 Å². The molecule has 10 heteroatoms. The second-order valence-electron chi connectivity index (χ2n) is 5.91. The van der Waals surface area contributed by atoms with Crippen molar-refractivity contribution < 1.29 is 27.9 Å². The molecular weight excluding hydrogens is 372 g/mol. The molecule has 138 valence electrons. The van der Waals surface area contributed by atoms with Crippen LogP contribution in [-0.2, 0) is 19.6 Å². The fraction of sp³-hybridized carbons (Fsp3) is 0.467. The first kappa shape index (κ1) is 19.5. The second-order valence-corrected chi connectivity index (χ2v) is 8.22. The maximum Gasteiger partial charge on any atom is 0.308 e. The molecule has 0 spiro atoms. The fourth-order valence-corrected chi connectivity index (χ4v) is 4.77. The third kappa shape index (κ3) is 3.88. The lowest BCUT2D eigenvalue weighted by atomic mass is 9.99. The summed E-state index contributed by atoms with van der Waals surface area (Å²) < 4.78 is 32.1. The predicted molar refractivity (Wildman–Crippen MR) is 91.4 cm³/mol. The van der Waals surface area contributed by atoms with Crippen molar-refractivity contribution in [2.24, 2.45) is 11.8 Å². The molecule has 1 aromatic carbocycles. The Morgan fingerprint density at radius 2 is 2.00 bits per heavy atom. The molecule has 0 aliphatic carbocycles. The number of carboxylic acids is 1. The van der Waals surface area contributed by atoms with E-state index < -0.39 is 21.9 Å². The number of methoxy groups -OCH3 is 1. The van der Waals surface area contributed by atoms with Crippen LogP contribution < -0.4 is 10.1 Å². The number of rotatable bonds is 5. The molecule has 1 fully saturated rings. The Morgan fingerprint density at radius 1 is 1.36 bits per heavy atom. The lowest BCUT2D eigenvalue weighted by Gasteiger charge is -2.19. The third-order valence-electron chi connectivity index (χ3n) is 4.08. The van der Waals surface area contributed by atoms with E-state index in [0.717, 1.165) is 4.31 Å². The zero-order valence-corrected chi connectivity index (χ0v) is 15.5. The Morgan fingerprint density at radius 3 is 2.48 bits per heavy atom. The van der Waals surface area contributed by atoms with Gasteiger partial charge >= 0.3 is 5.97 Å². The van der Waals surface area contributed by atoms with Crippen molar-refractivity contribution in [1.29, 1.82) is 0 Å². The van der Waals surface area contributed by atoms with Gasteiger partial charge < -0.3 is 15.2 Å². The van der Waals surface area contributed by atoms with Gasteiger partial charge in [0.05, 0.1) is 23.7 Å². The van der Waals surface area contributed by atoms with Crippen LogP contribution in [0.1, 0.15) is 13.8 Å². The number of ether oxygens (including phenoxy) is 1. The number of halogens is 1. The maximum atomic E-state index is 12.9. The number of amides is 1. The van der Waals surface area contributed by atoms with Gasteiger partial charge in [0.25, 0.3) is 0 Å². The van der Waals surface area contributed by atoms with Crippen molar-refractivity contribution in [1.82, 2.24) is 4.31 Å². The van der Waals surface area contributed by atoms with Crippen LogP contribution >= 0.6 is 11.6 Å². The number of carbonyl (C=O) groups excluding carboxylic acids is 1. The molecule has 0 bridgehead atoms. The van der Waals surface area contributed by atoms with Crippen molar-refractivity contribution in [2.45, 2.75) is 18.7 Å². The number of carboxylic acid groups (broad SMARTS) is 1. The average Bonchev–Trinajstić information content (AvgIpc) is 2.91. The molecule has 0 unspecified atom stereocenters. The molecule has 2 rings (SSSR count). The van der Waals surface area contributed by atoms with Gasteiger partial charge in [0.1, 0.15) is 10.6 Å². The fourth-order valence-electron chi connectivity index (χ4n) is 2.76. The summed E-state index contributed by atoms with van der Waals surface area (Å²) in [5.41, 5.74) is 0.225. The topological polar surface area (TPSA) is 113 Å². The van der Waals surface area contributed by atoms with Crippen LogP contribution in [0, 0.1) is 11.8 Å². The molecule has 0 saturated carbocycles. The van der Waals surface area contributed by atoms with E-state index in [-0.39, 0.29) is 46.3 Å². The molecule has 1 heterocycles. The molecule has 2 N–H and O–H groups in total. The maximum absolute atomic E-state index is 12.9. The average molecular weight is 391 g/mol. The van der Waals surface area contributed by atoms with Gasteiger partial charge in [0, 0.05) is 26.1 Å². The summed E-state index contributed by atoms with van der Waals surface area (Å²) in [6, 6.07) is 2.52. The van der Waals surface area contributed by atoms with Gasteiger partial charge in [0.2, 0.25) is 15.9 Å². The first-order valence-electron chi connectivity index (χ1n) is 7.46. The van der Waals surface area contributed by atoms with Crippen LogP contribution in [0.25, 0.3) is 0 Å². The Labute approximate surface area is 150 Å². The smallest absolute Gasteiger partial charge is 0.308 e. The van der Waals surface area contributed by atoms with Crippen LogP contribution in [-0.4, -0.2) is 49.9 Å². The number of carbonyl (C=O) groups is 2. The van der Waals surface area contributed by atoms with Crippen LogP contribution in [0.15, 0.2) is 17.0 Å². The number of aliphatic carboxylic acids is 1. The van der Waals surface area contributed by atoms with E-state index in [1.807, 2.05) is 0 Å². The van der Waals surface area contributed by atoms with Gasteiger partial charge in [-0.2, -0.15) is 4.31 Å². The molecule has 0 radical (unpaired) electrons. The van der Waals surface area contributed by atoms with E-state index in [1.54, 1.807) is 6.92 Å². The highest BCUT2D eigenvalue weighted by molar-refractivity contribution is 7.89. The van der Waals surface area contributed by atoms with Gasteiger partial charge in [-0.25, -0.2) is 8.42 Å². The number of sulfonamides is 1. The Balaban J connectivity index is 2.44. The number of nitrogens with zero attached hydrogens (tertiary/aromatic N) is 1. The van der Waals surface area contributed by atoms with E-state index in [1.165, 1.54) is 26.2 Å². The van der Waals surface area contributed by atoms with E-state index in [4.69, 9.17) is 16.3 Å². The SMILES string of the molecule is COc1cc(NC(C)=O)c(Cl)cc1S(=O)(=O)N1C[C@@H](C)[C@H](C(=O)O)C1. The number of anilines is 1. The van der Waals surface area contributed by atoms with Gasteiger partial charge in [-0.05, 0) is 12.0 Å². The molecule has 0 aromatic heterocycles. The molecule has 1 amide bonds. The second kappa shape index (κ2) is 7.19. The standard InChI is InChI=1S/C15H19ClN2O6S/c1-8-6-18(7-10(8)15(20)21)25(22,23)14-4-11(16)12(17-9(2)19)5-13(14)24-3/h4-5,8,10H,6-7H2,1-3H3,(H,17,19)(H,20,21)/t8-,10-/m1/s1. The van der Waals surface area contributed by atoms with E-state index in [2.05, 4.69) is 5.32 Å². The summed E-state index contributed by atoms with van der Waals surface area (Å²) in [7, 11) is -2.70. The van der Waals surface area contributed by atoms with Gasteiger partial charge in [-0.15, -0.1) is 0 Å². The molecule has 8 nitrogen and oxygen atoms in total. The quantitative estimate of drug-likeness (QED) is 0.790. The lowest BCUT2D eigenvalue weighted by molar-refractivity contribution is -0.142. The van der Waals surface area contributed by atoms with Crippen molar-refractivity contribution in [3.8, 4) is 5.75 Å². The van der Waals surface area contributed by atoms with Crippen LogP contribution in [0.5, 0.6) is 5.75 Å². The Kier molecular flexibility index (Phi) is 5.60. The van der Waals surface area contributed by atoms with Crippen molar-refractivity contribution >= 4 is 39.2 Å². The zero-order chi connectivity index (χ0) is 18.9. The highest BCUT2D eigenvalue weighted by atomic mass is 35.5. The minimum absolute atomic E-state index is 0.0135. The lowest BCUT2D eigenvalue weighted by Crippen LogP contribution is -2.30. The molecule has 25 heavy (non-hydrogen) atoms. The van der Waals surface area contributed by atoms with Gasteiger partial charge in [-0.1, -0.05) is 18.5 Å². The largest absolute Gasteiger partial charge is 0.495 e. The molecule has 1 saturated heterocycles. The Hall–Kier alpha value is -1.84. The van der Waals surface area contributed by atoms with E-state index in [0.29, 0.717) is 0 Å². The van der Waals surface area contributed by atoms with Crippen molar-refractivity contribution in [3.05, 3.63) is 17.2 Å². The summed E-state index contributed by atoms with van der Waals surface area (Å²) >= 11 is 6.08. The van der Waals surface area contributed by atoms with Gasteiger partial charge in [-0.3, -0.25) is 9.59 Å². The monoisotopic (exact) mass is 390 g/mol. The number of hydrogen-bond acceptors (Lipinski definition) is 5. The minimum Gasteiger partial charge on any atom is -0.495 e. The highest BCUT2D eigenvalue weighted by Crippen LogP contribution is 2.37. The summed E-state index contributed by atoms with van der Waals surface area (Å²) in [4.78, 5) is 22.3. The third-order valence-corrected chi connectivity index (χ3v) is 6.24. The number of benzene rings is 1. The molecule has 1 aromatic rings. The Bertz CT molecular complexity index is 810. The van der Waals surface area contributed by atoms with Crippen LogP contribution in [0.2, 0.25) is 5.02 Å². The predicted octanol–water partition coefficient (Wildman–Crippen LogP) is 1.65. The first-order chi connectivity index (χ1) is 11.6. The van der Waals surface area contributed by atoms with Crippen molar-refractivity contribution in [2.75, 3.05) is 25.5 Å².